The fourth-order valence-corrected chi connectivity index (χ4v) is 4.57. The minimum atomic E-state index is 0.674. The second-order valence-corrected chi connectivity index (χ2v) is 9.02. The Balaban J connectivity index is 1.48. The Morgan fingerprint density at radius 2 is 1.32 bits per heavy atom. The highest BCUT2D eigenvalue weighted by Crippen LogP contribution is 2.34. The average molecular weight is 491 g/mol. The molecule has 6 rings (SSSR count). The maximum Gasteiger partial charge on any atom is 0.160 e. The molecule has 0 amide bonds. The third-order valence-electron chi connectivity index (χ3n) is 6.47. The van der Waals surface area contributed by atoms with Crippen LogP contribution in [0.25, 0.3) is 39.6 Å². The standard InChI is InChI=1S/C34H26N4/c1-25-14-5-4-12-23-38(32-21-11-10-19-28(25)32)33-22-13-20-29(35-33)31-24-30(26-15-6-2-7-16-26)36-34(37-31)27-17-8-3-9-18-27/h2-22,24H,1,23H2/b12-4-,14-5-. The number of para-hydroxylation sites is 1. The SMILES string of the molecule is C=C1/C=C\C=C/CN(c2cccc(-c3cc(-c4ccccc4)nc(-c4ccccc4)n3)n2)c2ccccc21. The zero-order chi connectivity index (χ0) is 25.7. The summed E-state index contributed by atoms with van der Waals surface area (Å²) in [5.74, 6) is 1.52. The summed E-state index contributed by atoms with van der Waals surface area (Å²) >= 11 is 0. The molecule has 182 valence electrons. The van der Waals surface area contributed by atoms with Gasteiger partial charge in [0.1, 0.15) is 5.82 Å². The first-order valence-electron chi connectivity index (χ1n) is 12.6. The molecule has 1 aliphatic rings. The first-order valence-corrected chi connectivity index (χ1v) is 12.6. The topological polar surface area (TPSA) is 41.9 Å². The van der Waals surface area contributed by atoms with Gasteiger partial charge < -0.3 is 4.90 Å². The van der Waals surface area contributed by atoms with Crippen molar-refractivity contribution in [1.29, 1.82) is 0 Å². The molecule has 0 radical (unpaired) electrons. The molecule has 4 nitrogen and oxygen atoms in total. The van der Waals surface area contributed by atoms with Crippen LogP contribution in [0.3, 0.4) is 0 Å². The molecule has 0 aliphatic carbocycles. The average Bonchev–Trinajstić information content (AvgIpc) is 3.07. The third-order valence-corrected chi connectivity index (χ3v) is 6.47. The van der Waals surface area contributed by atoms with E-state index in [-0.39, 0.29) is 0 Å². The molecule has 5 aromatic rings. The van der Waals surface area contributed by atoms with E-state index in [9.17, 15) is 0 Å². The van der Waals surface area contributed by atoms with Gasteiger partial charge in [-0.15, -0.1) is 0 Å². The van der Waals surface area contributed by atoms with Crippen molar-refractivity contribution in [2.45, 2.75) is 0 Å². The van der Waals surface area contributed by atoms with Crippen molar-refractivity contribution in [3.8, 4) is 34.0 Å². The number of pyridine rings is 1. The molecule has 3 aromatic carbocycles. The number of hydrogen-bond donors (Lipinski definition) is 0. The number of rotatable bonds is 4. The Bertz CT molecular complexity index is 1600. The van der Waals surface area contributed by atoms with Gasteiger partial charge >= 0.3 is 0 Å². The Hall–Kier alpha value is -5.09. The van der Waals surface area contributed by atoms with Crippen molar-refractivity contribution in [2.75, 3.05) is 11.4 Å². The number of hydrogen-bond acceptors (Lipinski definition) is 4. The van der Waals surface area contributed by atoms with Gasteiger partial charge in [-0.2, -0.15) is 0 Å². The Labute approximate surface area is 223 Å². The highest BCUT2D eigenvalue weighted by Gasteiger charge is 2.17. The third kappa shape index (κ3) is 4.80. The molecule has 0 bridgehead atoms. The highest BCUT2D eigenvalue weighted by molar-refractivity contribution is 5.84. The zero-order valence-electron chi connectivity index (χ0n) is 20.9. The van der Waals surface area contributed by atoms with E-state index in [1.54, 1.807) is 0 Å². The number of nitrogens with zero attached hydrogens (tertiary/aromatic N) is 4. The lowest BCUT2D eigenvalue weighted by atomic mass is 10.0. The predicted octanol–water partition coefficient (Wildman–Crippen LogP) is 8.15. The largest absolute Gasteiger partial charge is 0.322 e. The van der Waals surface area contributed by atoms with Crippen molar-refractivity contribution in [3.63, 3.8) is 0 Å². The van der Waals surface area contributed by atoms with Gasteiger partial charge in [-0.1, -0.05) is 116 Å². The fraction of sp³-hybridized carbons (Fsp3) is 0.0294. The van der Waals surface area contributed by atoms with Gasteiger partial charge in [-0.25, -0.2) is 15.0 Å². The second kappa shape index (κ2) is 10.5. The molecule has 0 saturated heterocycles. The minimum absolute atomic E-state index is 0.674. The summed E-state index contributed by atoms with van der Waals surface area (Å²) < 4.78 is 0. The van der Waals surface area contributed by atoms with Gasteiger partial charge in [0.05, 0.1) is 22.8 Å². The highest BCUT2D eigenvalue weighted by atomic mass is 15.2. The molecule has 0 N–H and O–H groups in total. The Morgan fingerprint density at radius 3 is 2.13 bits per heavy atom. The lowest BCUT2D eigenvalue weighted by molar-refractivity contribution is 1.04. The Kier molecular flexibility index (Phi) is 6.44. The van der Waals surface area contributed by atoms with Crippen molar-refractivity contribution < 1.29 is 0 Å². The van der Waals surface area contributed by atoms with Crippen LogP contribution in [0.2, 0.25) is 0 Å². The van der Waals surface area contributed by atoms with Gasteiger partial charge in [0, 0.05) is 23.2 Å². The maximum absolute atomic E-state index is 5.11. The number of fused-ring (bicyclic) bond motifs is 1. The Morgan fingerprint density at radius 1 is 0.605 bits per heavy atom. The van der Waals surface area contributed by atoms with Crippen molar-refractivity contribution in [3.05, 3.63) is 146 Å². The predicted molar refractivity (Wildman–Crippen MR) is 157 cm³/mol. The van der Waals surface area contributed by atoms with Gasteiger partial charge in [0.2, 0.25) is 0 Å². The summed E-state index contributed by atoms with van der Waals surface area (Å²) in [6, 6.07) is 36.7. The second-order valence-electron chi connectivity index (χ2n) is 9.02. The molecular formula is C34H26N4. The van der Waals surface area contributed by atoms with Crippen LogP contribution in [0.4, 0.5) is 11.5 Å². The quantitative estimate of drug-likeness (QED) is 0.255. The van der Waals surface area contributed by atoms with Crippen LogP contribution in [0.5, 0.6) is 0 Å². The van der Waals surface area contributed by atoms with Crippen LogP contribution in [0.15, 0.2) is 140 Å². The summed E-state index contributed by atoms with van der Waals surface area (Å²) in [6.45, 7) is 4.96. The molecule has 0 spiro atoms. The number of allylic oxidation sites excluding steroid dienone is 4. The fourth-order valence-electron chi connectivity index (χ4n) is 4.57. The van der Waals surface area contributed by atoms with Crippen molar-refractivity contribution in [2.24, 2.45) is 0 Å². The van der Waals surface area contributed by atoms with Crippen LogP contribution in [-0.2, 0) is 0 Å². The number of benzene rings is 3. The van der Waals surface area contributed by atoms with E-state index in [1.165, 1.54) is 0 Å². The van der Waals surface area contributed by atoms with Gasteiger partial charge in [-0.05, 0) is 29.8 Å². The normalized spacial score (nSPS) is 14.6. The molecule has 1 aliphatic heterocycles. The lowest BCUT2D eigenvalue weighted by Crippen LogP contribution is -2.19. The number of aromatic nitrogens is 3. The van der Waals surface area contributed by atoms with Crippen LogP contribution in [-0.4, -0.2) is 21.5 Å². The summed E-state index contributed by atoms with van der Waals surface area (Å²) in [7, 11) is 0. The molecule has 4 heteroatoms. The summed E-state index contributed by atoms with van der Waals surface area (Å²) in [4.78, 5) is 17.2. The van der Waals surface area contributed by atoms with E-state index < -0.39 is 0 Å². The minimum Gasteiger partial charge on any atom is -0.322 e. The number of anilines is 2. The molecule has 0 unspecified atom stereocenters. The summed E-state index contributed by atoms with van der Waals surface area (Å²) in [6.07, 6.45) is 8.26. The van der Waals surface area contributed by atoms with Gasteiger partial charge in [0.15, 0.2) is 5.82 Å². The van der Waals surface area contributed by atoms with E-state index >= 15 is 0 Å². The van der Waals surface area contributed by atoms with Gasteiger partial charge in [0.25, 0.3) is 0 Å². The molecule has 3 heterocycles. The van der Waals surface area contributed by atoms with E-state index in [0.717, 1.165) is 50.9 Å². The molecule has 0 atom stereocenters. The van der Waals surface area contributed by atoms with Crippen LogP contribution < -0.4 is 4.90 Å². The molecule has 0 fully saturated rings. The van der Waals surface area contributed by atoms with Crippen LogP contribution >= 0.6 is 0 Å². The molecule has 0 saturated carbocycles. The zero-order valence-corrected chi connectivity index (χ0v) is 20.9. The maximum atomic E-state index is 5.11. The van der Waals surface area contributed by atoms with E-state index in [1.807, 2.05) is 91.0 Å². The van der Waals surface area contributed by atoms with Crippen LogP contribution in [0, 0.1) is 0 Å². The van der Waals surface area contributed by atoms with Gasteiger partial charge in [-0.3, -0.25) is 0 Å². The molecule has 38 heavy (non-hydrogen) atoms. The smallest absolute Gasteiger partial charge is 0.160 e. The van der Waals surface area contributed by atoms with E-state index in [0.29, 0.717) is 12.4 Å². The first-order chi connectivity index (χ1) is 18.8. The monoisotopic (exact) mass is 490 g/mol. The lowest BCUT2D eigenvalue weighted by Gasteiger charge is -2.25. The summed E-state index contributed by atoms with van der Waals surface area (Å²) in [5.41, 5.74) is 7.54. The molecule has 2 aromatic heterocycles. The van der Waals surface area contributed by atoms with E-state index in [2.05, 4.69) is 54.0 Å². The molecular weight excluding hydrogens is 464 g/mol. The van der Waals surface area contributed by atoms with Crippen molar-refractivity contribution in [1.82, 2.24) is 15.0 Å². The van der Waals surface area contributed by atoms with Crippen LogP contribution in [0.1, 0.15) is 5.56 Å². The summed E-state index contributed by atoms with van der Waals surface area (Å²) in [5, 5.41) is 0. The van der Waals surface area contributed by atoms with Crippen molar-refractivity contribution >= 4 is 17.1 Å². The first kappa shape index (κ1) is 23.3. The van der Waals surface area contributed by atoms with E-state index in [4.69, 9.17) is 15.0 Å².